The molecule has 3 nitrogen and oxygen atoms in total. The molecule has 0 amide bonds. The highest BCUT2D eigenvalue weighted by atomic mass is 16.5. The third-order valence-corrected chi connectivity index (χ3v) is 5.60. The zero-order valence-corrected chi connectivity index (χ0v) is 13.5. The van der Waals surface area contributed by atoms with Crippen molar-refractivity contribution in [1.82, 2.24) is 5.32 Å². The van der Waals surface area contributed by atoms with E-state index in [9.17, 15) is 4.79 Å². The molecular weight excluding hydrogens is 250 g/mol. The van der Waals surface area contributed by atoms with Crippen LogP contribution in [-0.2, 0) is 9.53 Å². The van der Waals surface area contributed by atoms with Gasteiger partial charge in [0.15, 0.2) is 0 Å². The lowest BCUT2D eigenvalue weighted by molar-refractivity contribution is -0.158. The summed E-state index contributed by atoms with van der Waals surface area (Å²) in [6.07, 6.45) is 12.0. The van der Waals surface area contributed by atoms with Gasteiger partial charge in [-0.25, -0.2) is 0 Å². The molecule has 2 aliphatic rings. The van der Waals surface area contributed by atoms with Gasteiger partial charge in [0.25, 0.3) is 0 Å². The summed E-state index contributed by atoms with van der Waals surface area (Å²) in [6.45, 7) is 4.46. The van der Waals surface area contributed by atoms with Crippen molar-refractivity contribution in [1.29, 1.82) is 0 Å². The number of esters is 1. The van der Waals surface area contributed by atoms with Crippen LogP contribution in [0.2, 0.25) is 0 Å². The topological polar surface area (TPSA) is 38.3 Å². The quantitative estimate of drug-likeness (QED) is 0.631. The first kappa shape index (κ1) is 15.8. The summed E-state index contributed by atoms with van der Waals surface area (Å²) in [6, 6.07) is 0.481. The normalized spacial score (nSPS) is 31.6. The van der Waals surface area contributed by atoms with Crippen LogP contribution in [0.4, 0.5) is 0 Å². The molecule has 0 aliphatic heterocycles. The van der Waals surface area contributed by atoms with Crippen LogP contribution in [0.5, 0.6) is 0 Å². The van der Waals surface area contributed by atoms with Crippen LogP contribution in [0.1, 0.15) is 78.1 Å². The zero-order chi connectivity index (χ0) is 14.6. The van der Waals surface area contributed by atoms with E-state index in [2.05, 4.69) is 19.2 Å². The highest BCUT2D eigenvalue weighted by Gasteiger charge is 2.53. The summed E-state index contributed by atoms with van der Waals surface area (Å²) in [5, 5.41) is 3.78. The summed E-state index contributed by atoms with van der Waals surface area (Å²) >= 11 is 0. The first-order valence-corrected chi connectivity index (χ1v) is 8.38. The van der Waals surface area contributed by atoms with Crippen molar-refractivity contribution in [3.63, 3.8) is 0 Å². The van der Waals surface area contributed by atoms with Crippen LogP contribution in [0, 0.1) is 5.41 Å². The van der Waals surface area contributed by atoms with Crippen LogP contribution >= 0.6 is 0 Å². The number of hydrogen-bond donors (Lipinski definition) is 1. The molecule has 3 heteroatoms. The summed E-state index contributed by atoms with van der Waals surface area (Å²) < 4.78 is 5.20. The molecule has 2 aliphatic carbocycles. The fourth-order valence-corrected chi connectivity index (χ4v) is 4.16. The van der Waals surface area contributed by atoms with Gasteiger partial charge in [0.2, 0.25) is 0 Å². The van der Waals surface area contributed by atoms with Gasteiger partial charge in [0.1, 0.15) is 5.54 Å². The average Bonchev–Trinajstić information content (AvgIpc) is 2.68. The van der Waals surface area contributed by atoms with Crippen molar-refractivity contribution >= 4 is 5.97 Å². The molecule has 1 atom stereocenters. The Morgan fingerprint density at radius 3 is 2.15 bits per heavy atom. The Bertz CT molecular complexity index is 332. The van der Waals surface area contributed by atoms with Crippen LogP contribution in [0.25, 0.3) is 0 Å². The third kappa shape index (κ3) is 3.03. The van der Waals surface area contributed by atoms with E-state index in [1.165, 1.54) is 52.1 Å². The predicted octanol–water partition coefficient (Wildman–Crippen LogP) is 3.81. The number of ether oxygens (including phenoxy) is 1. The molecule has 0 aromatic carbocycles. The molecule has 0 spiro atoms. The van der Waals surface area contributed by atoms with Crippen LogP contribution in [0.15, 0.2) is 0 Å². The van der Waals surface area contributed by atoms with Gasteiger partial charge in [-0.15, -0.1) is 0 Å². The highest BCUT2D eigenvalue weighted by molar-refractivity contribution is 5.82. The SMILES string of the molecule is COC(=O)C1(NC2CCCCCC2)CCCCC1(C)C. The van der Waals surface area contributed by atoms with Gasteiger partial charge in [-0.05, 0) is 31.1 Å². The maximum Gasteiger partial charge on any atom is 0.326 e. The molecule has 2 fully saturated rings. The van der Waals surface area contributed by atoms with Crippen molar-refractivity contribution in [3.8, 4) is 0 Å². The molecule has 0 aromatic rings. The van der Waals surface area contributed by atoms with Crippen LogP contribution < -0.4 is 5.32 Å². The van der Waals surface area contributed by atoms with E-state index in [1.54, 1.807) is 0 Å². The fraction of sp³-hybridized carbons (Fsp3) is 0.941. The second-order valence-corrected chi connectivity index (χ2v) is 7.32. The number of carbonyl (C=O) groups excluding carboxylic acids is 1. The smallest absolute Gasteiger partial charge is 0.326 e. The van der Waals surface area contributed by atoms with E-state index in [4.69, 9.17) is 4.74 Å². The number of carbonyl (C=O) groups is 1. The minimum atomic E-state index is -0.477. The van der Waals surface area contributed by atoms with Gasteiger partial charge in [-0.3, -0.25) is 10.1 Å². The van der Waals surface area contributed by atoms with Crippen LogP contribution in [-0.4, -0.2) is 24.7 Å². The standard InChI is InChI=1S/C17H31NO2/c1-16(2)12-8-9-13-17(16,15(19)20-3)18-14-10-6-4-5-7-11-14/h14,18H,4-13H2,1-3H3. The molecule has 20 heavy (non-hydrogen) atoms. The van der Waals surface area contributed by atoms with E-state index in [-0.39, 0.29) is 11.4 Å². The van der Waals surface area contributed by atoms with Gasteiger partial charge < -0.3 is 4.74 Å². The molecule has 0 saturated heterocycles. The molecule has 2 saturated carbocycles. The van der Waals surface area contributed by atoms with E-state index >= 15 is 0 Å². The van der Waals surface area contributed by atoms with Crippen LogP contribution in [0.3, 0.4) is 0 Å². The van der Waals surface area contributed by atoms with Gasteiger partial charge in [0.05, 0.1) is 7.11 Å². The van der Waals surface area contributed by atoms with Crippen molar-refractivity contribution in [2.45, 2.75) is 89.6 Å². The van der Waals surface area contributed by atoms with E-state index in [0.717, 1.165) is 19.3 Å². The molecular formula is C17H31NO2. The van der Waals surface area contributed by atoms with Gasteiger partial charge in [-0.1, -0.05) is 52.4 Å². The lowest BCUT2D eigenvalue weighted by Gasteiger charge is -2.50. The second-order valence-electron chi connectivity index (χ2n) is 7.32. The maximum atomic E-state index is 12.6. The van der Waals surface area contributed by atoms with Crippen molar-refractivity contribution in [3.05, 3.63) is 0 Å². The Kier molecular flexibility index (Phi) is 5.11. The van der Waals surface area contributed by atoms with Gasteiger partial charge >= 0.3 is 5.97 Å². The first-order valence-electron chi connectivity index (χ1n) is 8.38. The lowest BCUT2D eigenvalue weighted by atomic mass is 9.62. The first-order chi connectivity index (χ1) is 9.52. The van der Waals surface area contributed by atoms with E-state index < -0.39 is 5.54 Å². The predicted molar refractivity (Wildman–Crippen MR) is 81.6 cm³/mol. The van der Waals surface area contributed by atoms with Crippen molar-refractivity contribution < 1.29 is 9.53 Å². The Morgan fingerprint density at radius 2 is 1.60 bits per heavy atom. The molecule has 0 radical (unpaired) electrons. The Labute approximate surface area is 123 Å². The zero-order valence-electron chi connectivity index (χ0n) is 13.5. The molecule has 0 heterocycles. The van der Waals surface area contributed by atoms with Crippen molar-refractivity contribution in [2.24, 2.45) is 5.41 Å². The Morgan fingerprint density at radius 1 is 1.00 bits per heavy atom. The molecule has 2 rings (SSSR count). The maximum absolute atomic E-state index is 12.6. The monoisotopic (exact) mass is 281 g/mol. The second kappa shape index (κ2) is 6.46. The highest BCUT2D eigenvalue weighted by Crippen LogP contribution is 2.45. The summed E-state index contributed by atoms with van der Waals surface area (Å²) in [5.41, 5.74) is -0.500. The number of rotatable bonds is 3. The summed E-state index contributed by atoms with van der Waals surface area (Å²) in [4.78, 5) is 12.6. The van der Waals surface area contributed by atoms with E-state index in [0.29, 0.717) is 6.04 Å². The minimum absolute atomic E-state index is 0.0232. The average molecular weight is 281 g/mol. The van der Waals surface area contributed by atoms with Crippen molar-refractivity contribution in [2.75, 3.05) is 7.11 Å². The molecule has 0 bridgehead atoms. The number of nitrogens with one attached hydrogen (secondary N) is 1. The largest absolute Gasteiger partial charge is 0.468 e. The van der Waals surface area contributed by atoms with Gasteiger partial charge in [-0.2, -0.15) is 0 Å². The fourth-order valence-electron chi connectivity index (χ4n) is 4.16. The minimum Gasteiger partial charge on any atom is -0.468 e. The number of hydrogen-bond acceptors (Lipinski definition) is 3. The molecule has 0 aromatic heterocycles. The third-order valence-electron chi connectivity index (χ3n) is 5.60. The molecule has 1 unspecified atom stereocenters. The number of methoxy groups -OCH3 is 1. The Balaban J connectivity index is 2.19. The summed E-state index contributed by atoms with van der Waals surface area (Å²) in [5.74, 6) is -0.0496. The molecule has 116 valence electrons. The lowest BCUT2D eigenvalue weighted by Crippen LogP contribution is -2.65. The van der Waals surface area contributed by atoms with E-state index in [1.807, 2.05) is 0 Å². The Hall–Kier alpha value is -0.570. The summed E-state index contributed by atoms with van der Waals surface area (Å²) in [7, 11) is 1.53. The molecule has 1 N–H and O–H groups in total. The van der Waals surface area contributed by atoms with Gasteiger partial charge in [0, 0.05) is 6.04 Å².